The second-order valence-corrected chi connectivity index (χ2v) is 4.80. The van der Waals surface area contributed by atoms with Gasteiger partial charge in [0.15, 0.2) is 6.79 Å². The summed E-state index contributed by atoms with van der Waals surface area (Å²) in [5.41, 5.74) is 0.959. The number of hydrogen-bond acceptors (Lipinski definition) is 3. The summed E-state index contributed by atoms with van der Waals surface area (Å²) in [6.45, 7) is 3.15. The van der Waals surface area contributed by atoms with Gasteiger partial charge >= 0.3 is 0 Å². The first kappa shape index (κ1) is 17.2. The maximum Gasteiger partial charge on any atom is 0.243 e. The van der Waals surface area contributed by atoms with Crippen LogP contribution in [0, 0.1) is 0 Å². The molecule has 0 aromatic heterocycles. The third-order valence-corrected chi connectivity index (χ3v) is 2.98. The maximum atomic E-state index is 11.6. The van der Waals surface area contributed by atoms with Crippen molar-refractivity contribution >= 4 is 12.0 Å². The standard InChI is InChI=1S/C17H25NO3/c1-3-4-5-6-13-18-17(19)12-9-15-7-10-16(11-8-15)21-14-20-2/h7-12H,3-6,13-14H2,1-2H3,(H,18,19)/b12-9+. The van der Waals surface area contributed by atoms with E-state index in [-0.39, 0.29) is 12.7 Å². The molecule has 4 heteroatoms. The van der Waals surface area contributed by atoms with E-state index in [1.54, 1.807) is 19.3 Å². The van der Waals surface area contributed by atoms with E-state index < -0.39 is 0 Å². The van der Waals surface area contributed by atoms with Crippen LogP contribution in [0.5, 0.6) is 5.75 Å². The van der Waals surface area contributed by atoms with Gasteiger partial charge < -0.3 is 14.8 Å². The minimum atomic E-state index is -0.0498. The highest BCUT2D eigenvalue weighted by Crippen LogP contribution is 2.13. The van der Waals surface area contributed by atoms with Crippen LogP contribution in [-0.2, 0) is 9.53 Å². The molecule has 0 aliphatic carbocycles. The van der Waals surface area contributed by atoms with Crippen LogP contribution < -0.4 is 10.1 Å². The molecule has 21 heavy (non-hydrogen) atoms. The Bertz CT molecular complexity index is 426. The van der Waals surface area contributed by atoms with E-state index in [0.717, 1.165) is 24.3 Å². The highest BCUT2D eigenvalue weighted by molar-refractivity contribution is 5.91. The summed E-state index contributed by atoms with van der Waals surface area (Å²) >= 11 is 0. The summed E-state index contributed by atoms with van der Waals surface area (Å²) in [5, 5.41) is 2.88. The molecule has 0 saturated carbocycles. The molecule has 0 radical (unpaired) electrons. The quantitative estimate of drug-likeness (QED) is 0.408. The molecule has 0 aliphatic heterocycles. The number of hydrogen-bond donors (Lipinski definition) is 1. The van der Waals surface area contributed by atoms with Gasteiger partial charge in [-0.25, -0.2) is 0 Å². The monoisotopic (exact) mass is 291 g/mol. The second-order valence-electron chi connectivity index (χ2n) is 4.80. The number of carbonyl (C=O) groups excluding carboxylic acids is 1. The Hall–Kier alpha value is -1.81. The zero-order chi connectivity index (χ0) is 15.3. The molecule has 1 aromatic rings. The van der Waals surface area contributed by atoms with Crippen molar-refractivity contribution < 1.29 is 14.3 Å². The third kappa shape index (κ3) is 8.15. The molecule has 0 spiro atoms. The SMILES string of the molecule is CCCCCCNC(=O)/C=C/c1ccc(OCOC)cc1. The molecule has 1 amide bonds. The molecule has 0 fully saturated rings. The molecule has 1 N–H and O–H groups in total. The number of ether oxygens (including phenoxy) is 2. The molecule has 0 heterocycles. The van der Waals surface area contributed by atoms with Crippen molar-refractivity contribution in [1.29, 1.82) is 0 Å². The average molecular weight is 291 g/mol. The Morgan fingerprint density at radius 1 is 1.19 bits per heavy atom. The largest absolute Gasteiger partial charge is 0.468 e. The number of amides is 1. The van der Waals surface area contributed by atoms with E-state index in [4.69, 9.17) is 9.47 Å². The van der Waals surface area contributed by atoms with E-state index in [1.165, 1.54) is 19.3 Å². The highest BCUT2D eigenvalue weighted by atomic mass is 16.7. The smallest absolute Gasteiger partial charge is 0.243 e. The van der Waals surface area contributed by atoms with Crippen molar-refractivity contribution in [3.63, 3.8) is 0 Å². The van der Waals surface area contributed by atoms with Crippen LogP contribution in [-0.4, -0.2) is 26.4 Å². The van der Waals surface area contributed by atoms with Crippen LogP contribution >= 0.6 is 0 Å². The van der Waals surface area contributed by atoms with Crippen LogP contribution in [0.2, 0.25) is 0 Å². The molecule has 116 valence electrons. The van der Waals surface area contributed by atoms with Crippen molar-refractivity contribution in [3.8, 4) is 5.75 Å². The first-order valence-corrected chi connectivity index (χ1v) is 7.44. The van der Waals surface area contributed by atoms with E-state index in [1.807, 2.05) is 24.3 Å². The van der Waals surface area contributed by atoms with Crippen molar-refractivity contribution in [3.05, 3.63) is 35.9 Å². The molecule has 0 atom stereocenters. The fraction of sp³-hybridized carbons (Fsp3) is 0.471. The maximum absolute atomic E-state index is 11.6. The number of carbonyl (C=O) groups is 1. The Balaban J connectivity index is 2.29. The molecular weight excluding hydrogens is 266 g/mol. The number of unbranched alkanes of at least 4 members (excludes halogenated alkanes) is 3. The van der Waals surface area contributed by atoms with Gasteiger partial charge in [0.1, 0.15) is 5.75 Å². The lowest BCUT2D eigenvalue weighted by atomic mass is 10.2. The summed E-state index contributed by atoms with van der Waals surface area (Å²) in [4.78, 5) is 11.6. The summed E-state index contributed by atoms with van der Waals surface area (Å²) in [7, 11) is 1.58. The van der Waals surface area contributed by atoms with Crippen molar-refractivity contribution in [2.75, 3.05) is 20.4 Å². The van der Waals surface area contributed by atoms with Crippen LogP contribution in [0.15, 0.2) is 30.3 Å². The van der Waals surface area contributed by atoms with Crippen molar-refractivity contribution in [2.24, 2.45) is 0 Å². The molecule has 4 nitrogen and oxygen atoms in total. The van der Waals surface area contributed by atoms with Crippen LogP contribution in [0.4, 0.5) is 0 Å². The lowest BCUT2D eigenvalue weighted by molar-refractivity contribution is -0.116. The zero-order valence-corrected chi connectivity index (χ0v) is 12.9. The molecule has 1 aromatic carbocycles. The van der Waals surface area contributed by atoms with Gasteiger partial charge in [-0.2, -0.15) is 0 Å². The third-order valence-electron chi connectivity index (χ3n) is 2.98. The topological polar surface area (TPSA) is 47.6 Å². The van der Waals surface area contributed by atoms with Crippen molar-refractivity contribution in [1.82, 2.24) is 5.32 Å². The first-order valence-electron chi connectivity index (χ1n) is 7.44. The Morgan fingerprint density at radius 3 is 2.62 bits per heavy atom. The Kier molecular flexibility index (Phi) is 8.96. The summed E-state index contributed by atoms with van der Waals surface area (Å²) in [6, 6.07) is 7.49. The van der Waals surface area contributed by atoms with Crippen molar-refractivity contribution in [2.45, 2.75) is 32.6 Å². The lowest BCUT2D eigenvalue weighted by Crippen LogP contribution is -2.21. The van der Waals surface area contributed by atoms with Gasteiger partial charge in [0.2, 0.25) is 5.91 Å². The number of rotatable bonds is 10. The summed E-state index contributed by atoms with van der Waals surface area (Å²) in [6.07, 6.45) is 8.00. The van der Waals surface area contributed by atoms with E-state index in [9.17, 15) is 4.79 Å². The Labute approximate surface area is 127 Å². The highest BCUT2D eigenvalue weighted by Gasteiger charge is 1.96. The minimum absolute atomic E-state index is 0.0498. The zero-order valence-electron chi connectivity index (χ0n) is 12.9. The van der Waals surface area contributed by atoms with Gasteiger partial charge in [-0.1, -0.05) is 38.3 Å². The number of benzene rings is 1. The molecular formula is C17H25NO3. The van der Waals surface area contributed by atoms with Gasteiger partial charge in [0.05, 0.1) is 0 Å². The number of nitrogens with one attached hydrogen (secondary N) is 1. The predicted octanol–water partition coefficient (Wildman–Crippen LogP) is 3.38. The molecule has 1 rings (SSSR count). The summed E-state index contributed by atoms with van der Waals surface area (Å²) < 4.78 is 10.1. The average Bonchev–Trinajstić information content (AvgIpc) is 2.51. The van der Waals surface area contributed by atoms with Gasteiger partial charge in [-0.3, -0.25) is 4.79 Å². The van der Waals surface area contributed by atoms with E-state index in [0.29, 0.717) is 0 Å². The predicted molar refractivity (Wildman–Crippen MR) is 85.1 cm³/mol. The fourth-order valence-corrected chi connectivity index (χ4v) is 1.80. The van der Waals surface area contributed by atoms with E-state index >= 15 is 0 Å². The van der Waals surface area contributed by atoms with Gasteiger partial charge in [-0.15, -0.1) is 0 Å². The van der Waals surface area contributed by atoms with Gasteiger partial charge in [0.25, 0.3) is 0 Å². The number of methoxy groups -OCH3 is 1. The van der Waals surface area contributed by atoms with Gasteiger partial charge in [0, 0.05) is 19.7 Å². The van der Waals surface area contributed by atoms with Crippen LogP contribution in [0.25, 0.3) is 6.08 Å². The summed E-state index contributed by atoms with van der Waals surface area (Å²) in [5.74, 6) is 0.695. The van der Waals surface area contributed by atoms with Gasteiger partial charge in [-0.05, 0) is 30.2 Å². The van der Waals surface area contributed by atoms with Crippen LogP contribution in [0.1, 0.15) is 38.2 Å². The van der Waals surface area contributed by atoms with E-state index in [2.05, 4.69) is 12.2 Å². The molecule has 0 bridgehead atoms. The molecule has 0 unspecified atom stereocenters. The fourth-order valence-electron chi connectivity index (χ4n) is 1.80. The Morgan fingerprint density at radius 2 is 1.95 bits per heavy atom. The lowest BCUT2D eigenvalue weighted by Gasteiger charge is -2.04. The molecule has 0 aliphatic rings. The normalized spacial score (nSPS) is 10.8. The second kappa shape index (κ2) is 10.9. The molecule has 0 saturated heterocycles. The minimum Gasteiger partial charge on any atom is -0.468 e. The first-order chi connectivity index (χ1) is 10.3. The van der Waals surface area contributed by atoms with Crippen LogP contribution in [0.3, 0.4) is 0 Å².